The summed E-state index contributed by atoms with van der Waals surface area (Å²) in [6.07, 6.45) is 1.99. The summed E-state index contributed by atoms with van der Waals surface area (Å²) >= 11 is 0. The van der Waals surface area contributed by atoms with E-state index in [0.29, 0.717) is 0 Å². The molecule has 1 N–H and O–H groups in total. The molecule has 0 bridgehead atoms. The molecule has 0 aliphatic rings. The molecule has 5 nitrogen and oxygen atoms in total. The molecule has 0 heterocycles. The molecule has 0 spiro atoms. The van der Waals surface area contributed by atoms with Crippen LogP contribution in [0.25, 0.3) is 0 Å². The van der Waals surface area contributed by atoms with E-state index in [0.717, 1.165) is 31.5 Å². The number of nitrogens with zero attached hydrogens (tertiary/aromatic N) is 2. The maximum atomic E-state index is 10.8. The van der Waals surface area contributed by atoms with Gasteiger partial charge in [-0.3, -0.25) is 10.1 Å². The van der Waals surface area contributed by atoms with Crippen molar-refractivity contribution in [2.75, 3.05) is 27.2 Å². The van der Waals surface area contributed by atoms with Gasteiger partial charge in [0.15, 0.2) is 0 Å². The Balaban J connectivity index is 2.59. The van der Waals surface area contributed by atoms with Gasteiger partial charge in [0.25, 0.3) is 5.69 Å². The lowest BCUT2D eigenvalue weighted by atomic mass is 10.0. The molecule has 0 fully saturated rings. The molecule has 0 amide bonds. The van der Waals surface area contributed by atoms with Gasteiger partial charge in [0.2, 0.25) is 0 Å². The van der Waals surface area contributed by atoms with Crippen LogP contribution in [0.5, 0.6) is 0 Å². The van der Waals surface area contributed by atoms with E-state index in [4.69, 9.17) is 0 Å². The molecule has 19 heavy (non-hydrogen) atoms. The Morgan fingerprint density at radius 2 is 2.16 bits per heavy atom. The molecular formula is C14H23N3O2. The van der Waals surface area contributed by atoms with Gasteiger partial charge in [-0.2, -0.15) is 0 Å². The normalized spacial score (nSPS) is 12.6. The van der Waals surface area contributed by atoms with E-state index in [2.05, 4.69) is 31.2 Å². The van der Waals surface area contributed by atoms with Crippen LogP contribution in [0.2, 0.25) is 0 Å². The lowest BCUT2D eigenvalue weighted by Gasteiger charge is -2.18. The number of nitro groups is 1. The SMILES string of the molecule is CCC(NCCCN(C)C)c1cccc([N+](=O)[O-])c1. The monoisotopic (exact) mass is 265 g/mol. The number of nitrogens with one attached hydrogen (secondary N) is 1. The van der Waals surface area contributed by atoms with Gasteiger partial charge in [0.1, 0.15) is 0 Å². The predicted molar refractivity (Wildman–Crippen MR) is 77.3 cm³/mol. The zero-order valence-electron chi connectivity index (χ0n) is 11.9. The molecule has 1 rings (SSSR count). The fraction of sp³-hybridized carbons (Fsp3) is 0.571. The zero-order valence-corrected chi connectivity index (χ0v) is 11.9. The summed E-state index contributed by atoms with van der Waals surface area (Å²) in [4.78, 5) is 12.6. The van der Waals surface area contributed by atoms with Crippen molar-refractivity contribution in [1.29, 1.82) is 0 Å². The second kappa shape index (κ2) is 7.86. The Morgan fingerprint density at radius 3 is 2.74 bits per heavy atom. The minimum Gasteiger partial charge on any atom is -0.310 e. The van der Waals surface area contributed by atoms with E-state index in [1.54, 1.807) is 12.1 Å². The van der Waals surface area contributed by atoms with E-state index in [9.17, 15) is 10.1 Å². The molecule has 0 radical (unpaired) electrons. The third-order valence-corrected chi connectivity index (χ3v) is 3.06. The highest BCUT2D eigenvalue weighted by Crippen LogP contribution is 2.21. The molecule has 5 heteroatoms. The van der Waals surface area contributed by atoms with E-state index < -0.39 is 0 Å². The Kier molecular flexibility index (Phi) is 6.45. The van der Waals surface area contributed by atoms with E-state index in [1.165, 1.54) is 6.07 Å². The van der Waals surface area contributed by atoms with Crippen LogP contribution in [-0.2, 0) is 0 Å². The van der Waals surface area contributed by atoms with Crippen molar-refractivity contribution in [2.45, 2.75) is 25.8 Å². The van der Waals surface area contributed by atoms with Crippen LogP contribution in [-0.4, -0.2) is 37.0 Å². The van der Waals surface area contributed by atoms with Crippen LogP contribution in [0, 0.1) is 10.1 Å². The van der Waals surface area contributed by atoms with Crippen LogP contribution in [0.1, 0.15) is 31.4 Å². The van der Waals surface area contributed by atoms with Crippen LogP contribution in [0.3, 0.4) is 0 Å². The van der Waals surface area contributed by atoms with Gasteiger partial charge >= 0.3 is 0 Å². The number of hydrogen-bond donors (Lipinski definition) is 1. The molecule has 0 aliphatic carbocycles. The third kappa shape index (κ3) is 5.36. The summed E-state index contributed by atoms with van der Waals surface area (Å²) in [5, 5.41) is 14.2. The van der Waals surface area contributed by atoms with Gasteiger partial charge in [-0.15, -0.1) is 0 Å². The van der Waals surface area contributed by atoms with E-state index >= 15 is 0 Å². The molecular weight excluding hydrogens is 242 g/mol. The Morgan fingerprint density at radius 1 is 1.42 bits per heavy atom. The van der Waals surface area contributed by atoms with Gasteiger partial charge in [-0.05, 0) is 45.6 Å². The van der Waals surface area contributed by atoms with Crippen molar-refractivity contribution in [3.8, 4) is 0 Å². The number of non-ortho nitro benzene ring substituents is 1. The highest BCUT2D eigenvalue weighted by atomic mass is 16.6. The second-order valence-electron chi connectivity index (χ2n) is 4.92. The second-order valence-corrected chi connectivity index (χ2v) is 4.92. The number of rotatable bonds is 8. The fourth-order valence-corrected chi connectivity index (χ4v) is 2.02. The van der Waals surface area contributed by atoms with Gasteiger partial charge < -0.3 is 10.2 Å². The van der Waals surface area contributed by atoms with E-state index in [1.807, 2.05) is 6.07 Å². The topological polar surface area (TPSA) is 58.4 Å². The van der Waals surface area contributed by atoms with Crippen molar-refractivity contribution in [3.05, 3.63) is 39.9 Å². The smallest absolute Gasteiger partial charge is 0.269 e. The first-order valence-corrected chi connectivity index (χ1v) is 6.67. The van der Waals surface area contributed by atoms with Gasteiger partial charge in [0.05, 0.1) is 4.92 Å². The highest BCUT2D eigenvalue weighted by Gasteiger charge is 2.12. The maximum absolute atomic E-state index is 10.8. The molecule has 1 aromatic carbocycles. The lowest BCUT2D eigenvalue weighted by Crippen LogP contribution is -2.25. The van der Waals surface area contributed by atoms with Crippen molar-refractivity contribution in [1.82, 2.24) is 10.2 Å². The maximum Gasteiger partial charge on any atom is 0.269 e. The van der Waals surface area contributed by atoms with Crippen LogP contribution >= 0.6 is 0 Å². The first-order valence-electron chi connectivity index (χ1n) is 6.67. The zero-order chi connectivity index (χ0) is 14.3. The van der Waals surface area contributed by atoms with Crippen LogP contribution in [0.4, 0.5) is 5.69 Å². The molecule has 0 saturated heterocycles. The number of hydrogen-bond acceptors (Lipinski definition) is 4. The summed E-state index contributed by atoms with van der Waals surface area (Å²) in [6, 6.07) is 7.06. The fourth-order valence-electron chi connectivity index (χ4n) is 2.02. The highest BCUT2D eigenvalue weighted by molar-refractivity contribution is 5.35. The first-order chi connectivity index (χ1) is 9.04. The van der Waals surface area contributed by atoms with E-state index in [-0.39, 0.29) is 16.7 Å². The molecule has 0 aromatic heterocycles. The summed E-state index contributed by atoms with van der Waals surface area (Å²) in [5.74, 6) is 0. The average molecular weight is 265 g/mol. The number of benzene rings is 1. The van der Waals surface area contributed by atoms with Crippen molar-refractivity contribution in [3.63, 3.8) is 0 Å². The molecule has 0 aliphatic heterocycles. The van der Waals surface area contributed by atoms with Crippen LogP contribution in [0.15, 0.2) is 24.3 Å². The molecule has 1 atom stereocenters. The van der Waals surface area contributed by atoms with Crippen molar-refractivity contribution in [2.24, 2.45) is 0 Å². The Labute approximate surface area is 114 Å². The minimum absolute atomic E-state index is 0.158. The van der Waals surface area contributed by atoms with Gasteiger partial charge in [-0.25, -0.2) is 0 Å². The summed E-state index contributed by atoms with van der Waals surface area (Å²) in [6.45, 7) is 4.04. The predicted octanol–water partition coefficient (Wildman–Crippen LogP) is 2.59. The first kappa shape index (κ1) is 15.6. The summed E-state index contributed by atoms with van der Waals surface area (Å²) in [5.41, 5.74) is 1.15. The van der Waals surface area contributed by atoms with Crippen molar-refractivity contribution >= 4 is 5.69 Å². The third-order valence-electron chi connectivity index (χ3n) is 3.06. The quantitative estimate of drug-likeness (QED) is 0.446. The summed E-state index contributed by atoms with van der Waals surface area (Å²) < 4.78 is 0. The van der Waals surface area contributed by atoms with Gasteiger partial charge in [-0.1, -0.05) is 19.1 Å². The van der Waals surface area contributed by atoms with Crippen molar-refractivity contribution < 1.29 is 4.92 Å². The Hall–Kier alpha value is -1.46. The summed E-state index contributed by atoms with van der Waals surface area (Å²) in [7, 11) is 4.11. The largest absolute Gasteiger partial charge is 0.310 e. The Bertz CT molecular complexity index is 407. The minimum atomic E-state index is -0.345. The molecule has 1 unspecified atom stereocenters. The molecule has 0 saturated carbocycles. The molecule has 1 aromatic rings. The standard InChI is InChI=1S/C14H23N3O2/c1-4-14(15-9-6-10-16(2)3)12-7-5-8-13(11-12)17(18)19/h5,7-8,11,14-15H,4,6,9-10H2,1-3H3. The lowest BCUT2D eigenvalue weighted by molar-refractivity contribution is -0.384. The average Bonchev–Trinajstić information content (AvgIpc) is 2.38. The van der Waals surface area contributed by atoms with Gasteiger partial charge in [0, 0.05) is 18.2 Å². The van der Waals surface area contributed by atoms with Crippen LogP contribution < -0.4 is 5.32 Å². The molecule has 106 valence electrons. The number of nitro benzene ring substituents is 1.